The number of likely N-dealkylation sites (tertiary alicyclic amines) is 1. The molecule has 12 rings (SSSR count). The highest BCUT2D eigenvalue weighted by Crippen LogP contribution is 2.46. The second-order valence-electron chi connectivity index (χ2n) is 23.6. The van der Waals surface area contributed by atoms with Crippen LogP contribution < -0.4 is 15.6 Å². The standard InChI is InChI=1S/C56H75N9O9/c1-34-23-40(34)51(66)59-48-50(63-29-56(30-63)32-71-33-56)52-58-45(28-73-52)36-8-11-46-41(24-36)43(26-55(3,4)31-74-54(68)44-7-6-14-65(60-44)53(48)67)49(64(46)19-22-72-39-12-20-70-21-13-39)42-25-38(27-57-47(42)35(2)69-5)62-17-15-61(16-18-62)37-9-10-37/h8,11,24-25,27-28,34-35,37,39-40,44,48,50,60H,6-7,9-10,12-23,26,29-33H2,1-5H3,(H,59,66)/t34-,35-,40-,44-,48-,50-/m0/s1. The summed E-state index contributed by atoms with van der Waals surface area (Å²) in [6, 6.07) is 6.99. The average molecular weight is 1020 g/mol. The van der Waals surface area contributed by atoms with Gasteiger partial charge in [0.25, 0.3) is 5.91 Å². The van der Waals surface area contributed by atoms with Crippen molar-refractivity contribution in [3.63, 3.8) is 0 Å². The number of methoxy groups -OCH3 is 1. The van der Waals surface area contributed by atoms with Crippen molar-refractivity contribution >= 4 is 34.4 Å². The lowest BCUT2D eigenvalue weighted by Crippen LogP contribution is -2.70. The molecule has 2 amide bonds. The Bertz CT molecular complexity index is 2730. The SMILES string of the molecule is CO[C@@H](C)c1ncc(N2CCN(C3CC3)CC2)cc1-c1c2c3cc(ccc3n1CCOC1CCOCC1)-c1coc(n1)[C@@H](N1CC3(COC3)C1)[C@H](NC(=O)[C@H]1C[C@@H]1C)C(=O)N1CCC[C@H](N1)C(=O)OCC(C)(C)C2. The highest BCUT2D eigenvalue weighted by Gasteiger charge is 2.55. The van der Waals surface area contributed by atoms with Crippen LogP contribution >= 0.6 is 0 Å². The van der Waals surface area contributed by atoms with Crippen molar-refractivity contribution in [3.8, 4) is 22.5 Å². The smallest absolute Gasteiger partial charge is 0.324 e. The number of esters is 1. The molecule has 5 saturated heterocycles. The van der Waals surface area contributed by atoms with E-state index in [1.54, 1.807) is 13.4 Å². The molecule has 4 aromatic rings. The minimum atomic E-state index is -1.05. The summed E-state index contributed by atoms with van der Waals surface area (Å²) in [6.07, 6.45) is 10.2. The zero-order valence-electron chi connectivity index (χ0n) is 43.9. The van der Waals surface area contributed by atoms with Crippen LogP contribution in [0, 0.1) is 22.7 Å². The molecular formula is C56H75N9O9. The Kier molecular flexibility index (Phi) is 13.6. The third kappa shape index (κ3) is 9.88. The summed E-state index contributed by atoms with van der Waals surface area (Å²) in [7, 11) is 1.74. The monoisotopic (exact) mass is 1020 g/mol. The molecule has 74 heavy (non-hydrogen) atoms. The Morgan fingerprint density at radius 3 is 2.47 bits per heavy atom. The first-order chi connectivity index (χ1) is 35.8. The number of carbonyl (C=O) groups excluding carboxylic acids is 3. The van der Waals surface area contributed by atoms with Gasteiger partial charge in [0.2, 0.25) is 11.8 Å². The molecule has 9 heterocycles. The fourth-order valence-electron chi connectivity index (χ4n) is 12.6. The van der Waals surface area contributed by atoms with Crippen molar-refractivity contribution in [3.05, 3.63) is 53.9 Å². The van der Waals surface area contributed by atoms with Gasteiger partial charge in [-0.15, -0.1) is 0 Å². The molecule has 6 aliphatic heterocycles. The molecule has 398 valence electrons. The zero-order valence-corrected chi connectivity index (χ0v) is 43.9. The summed E-state index contributed by atoms with van der Waals surface area (Å²) >= 11 is 0. The molecule has 1 spiro atoms. The summed E-state index contributed by atoms with van der Waals surface area (Å²) in [5.74, 6) is -0.536. The zero-order chi connectivity index (χ0) is 50.9. The molecule has 0 radical (unpaired) electrons. The van der Waals surface area contributed by atoms with Crippen LogP contribution in [0.2, 0.25) is 0 Å². The number of hydrogen-bond donors (Lipinski definition) is 2. The number of amides is 2. The number of cyclic esters (lactones) is 1. The maximum Gasteiger partial charge on any atom is 0.324 e. The third-order valence-electron chi connectivity index (χ3n) is 17.3. The van der Waals surface area contributed by atoms with Crippen LogP contribution in [0.3, 0.4) is 0 Å². The van der Waals surface area contributed by atoms with Gasteiger partial charge in [0.05, 0.1) is 61.9 Å². The van der Waals surface area contributed by atoms with Gasteiger partial charge in [0.15, 0.2) is 0 Å². The van der Waals surface area contributed by atoms with E-state index >= 15 is 4.79 Å². The first-order valence-corrected chi connectivity index (χ1v) is 27.5. The highest BCUT2D eigenvalue weighted by molar-refractivity contribution is 5.95. The van der Waals surface area contributed by atoms with Crippen LogP contribution in [0.5, 0.6) is 0 Å². The van der Waals surface area contributed by atoms with E-state index in [4.69, 9.17) is 38.1 Å². The lowest BCUT2D eigenvalue weighted by molar-refractivity contribution is -0.204. The molecule has 7 fully saturated rings. The van der Waals surface area contributed by atoms with E-state index in [0.29, 0.717) is 90.1 Å². The highest BCUT2D eigenvalue weighted by atomic mass is 16.5. The molecule has 18 nitrogen and oxygen atoms in total. The number of ether oxygens (including phenoxy) is 5. The van der Waals surface area contributed by atoms with Crippen LogP contribution in [0.25, 0.3) is 33.4 Å². The van der Waals surface area contributed by atoms with E-state index in [0.717, 1.165) is 96.2 Å². The predicted octanol–water partition coefficient (Wildman–Crippen LogP) is 5.68. The Balaban J connectivity index is 1.00. The van der Waals surface area contributed by atoms with Crippen LogP contribution in [-0.2, 0) is 51.0 Å². The topological polar surface area (TPSA) is 178 Å². The summed E-state index contributed by atoms with van der Waals surface area (Å²) in [6.45, 7) is 17.9. The van der Waals surface area contributed by atoms with Crippen LogP contribution in [0.1, 0.15) is 102 Å². The summed E-state index contributed by atoms with van der Waals surface area (Å²) < 4.78 is 39.4. The molecule has 6 atom stereocenters. The molecule has 2 saturated carbocycles. The van der Waals surface area contributed by atoms with Gasteiger partial charge in [0, 0.05) is 118 Å². The quantitative estimate of drug-likeness (QED) is 0.166. The van der Waals surface area contributed by atoms with E-state index in [1.807, 2.05) is 6.20 Å². The number of benzene rings is 1. The van der Waals surface area contributed by atoms with Gasteiger partial charge in [0.1, 0.15) is 30.1 Å². The Hall–Kier alpha value is -4.95. The maximum absolute atomic E-state index is 15.1. The van der Waals surface area contributed by atoms with Crippen LogP contribution in [0.4, 0.5) is 5.69 Å². The minimum absolute atomic E-state index is 0.0147. The number of rotatable bonds is 12. The summed E-state index contributed by atoms with van der Waals surface area (Å²) in [5.41, 5.74) is 10.2. The first kappa shape index (κ1) is 49.9. The van der Waals surface area contributed by atoms with Crippen LogP contribution in [-0.4, -0.2) is 164 Å². The number of fused-ring (bicyclic) bond motifs is 6. The van der Waals surface area contributed by atoms with Crippen molar-refractivity contribution in [1.29, 1.82) is 0 Å². The van der Waals surface area contributed by atoms with E-state index in [1.165, 1.54) is 17.9 Å². The lowest BCUT2D eigenvalue weighted by atomic mass is 9.76. The molecule has 8 aliphatic rings. The number of piperazine rings is 1. The molecular weight excluding hydrogens is 943 g/mol. The molecule has 1 aromatic carbocycles. The molecule has 2 N–H and O–H groups in total. The van der Waals surface area contributed by atoms with E-state index in [9.17, 15) is 9.59 Å². The van der Waals surface area contributed by atoms with Gasteiger partial charge in [-0.25, -0.2) is 10.4 Å². The van der Waals surface area contributed by atoms with Crippen molar-refractivity contribution in [1.82, 2.24) is 40.1 Å². The number of aromatic nitrogens is 3. The van der Waals surface area contributed by atoms with Crippen molar-refractivity contribution in [2.24, 2.45) is 22.7 Å². The van der Waals surface area contributed by atoms with Gasteiger partial charge in [-0.3, -0.25) is 34.2 Å². The normalized spacial score (nSPS) is 28.1. The van der Waals surface area contributed by atoms with E-state index in [2.05, 4.69) is 82.0 Å². The fraction of sp³-hybridized carbons (Fsp3) is 0.661. The molecule has 6 bridgehead atoms. The van der Waals surface area contributed by atoms with Gasteiger partial charge >= 0.3 is 5.97 Å². The largest absolute Gasteiger partial charge is 0.464 e. The number of nitrogens with one attached hydrogen (secondary N) is 2. The number of anilines is 1. The van der Waals surface area contributed by atoms with E-state index < -0.39 is 29.5 Å². The third-order valence-corrected chi connectivity index (χ3v) is 17.3. The average Bonchev–Trinajstić information content (AvgIpc) is 4.31. The van der Waals surface area contributed by atoms with Gasteiger partial charge < -0.3 is 42.9 Å². The number of hydrazine groups is 1. The molecule has 3 aromatic heterocycles. The Labute approximate surface area is 434 Å². The number of nitrogens with zero attached hydrogens (tertiary/aromatic N) is 7. The number of hydrogen-bond acceptors (Lipinski definition) is 15. The number of carbonyl (C=O) groups is 3. The lowest BCUT2D eigenvalue weighted by Gasteiger charge is -2.57. The molecule has 0 unspecified atom stereocenters. The summed E-state index contributed by atoms with van der Waals surface area (Å²) in [5, 5.41) is 5.74. The fourth-order valence-corrected chi connectivity index (χ4v) is 12.6. The minimum Gasteiger partial charge on any atom is -0.464 e. The Morgan fingerprint density at radius 2 is 1.76 bits per heavy atom. The van der Waals surface area contributed by atoms with E-state index in [-0.39, 0.29) is 47.9 Å². The van der Waals surface area contributed by atoms with Crippen molar-refractivity contribution in [2.45, 2.75) is 122 Å². The maximum atomic E-state index is 15.1. The second kappa shape index (κ2) is 20.2. The predicted molar refractivity (Wildman–Crippen MR) is 276 cm³/mol. The second-order valence-corrected chi connectivity index (χ2v) is 23.6. The van der Waals surface area contributed by atoms with Crippen LogP contribution in [0.15, 0.2) is 41.1 Å². The van der Waals surface area contributed by atoms with Gasteiger partial charge in [-0.1, -0.05) is 26.8 Å². The van der Waals surface area contributed by atoms with Crippen molar-refractivity contribution in [2.75, 3.05) is 97.5 Å². The Morgan fingerprint density at radius 1 is 0.973 bits per heavy atom. The van der Waals surface area contributed by atoms with Gasteiger partial charge in [-0.2, -0.15) is 0 Å². The summed E-state index contributed by atoms with van der Waals surface area (Å²) in [4.78, 5) is 61.2. The molecule has 2 aliphatic carbocycles. The molecule has 18 heteroatoms. The number of pyridine rings is 1. The van der Waals surface area contributed by atoms with Gasteiger partial charge in [-0.05, 0) is 88.0 Å². The van der Waals surface area contributed by atoms with Crippen molar-refractivity contribution < 1.29 is 42.5 Å². The first-order valence-electron chi connectivity index (χ1n) is 27.5. The number of oxazole rings is 1.